The number of hydrogen-bond acceptors (Lipinski definition) is 5. The van der Waals surface area contributed by atoms with Gasteiger partial charge in [0, 0.05) is 12.8 Å². The predicted molar refractivity (Wildman–Crippen MR) is 177 cm³/mol. The number of unbranched alkanes of at least 4 members (excludes halogenated alkanes) is 14. The van der Waals surface area contributed by atoms with E-state index in [4.69, 9.17) is 9.47 Å². The Labute approximate surface area is 258 Å². The lowest BCUT2D eigenvalue weighted by Crippen LogP contribution is -2.28. The highest BCUT2D eigenvalue weighted by atomic mass is 16.6. The minimum Gasteiger partial charge on any atom is -0.462 e. The van der Waals surface area contributed by atoms with Crippen LogP contribution in [-0.4, -0.2) is 36.4 Å². The van der Waals surface area contributed by atoms with Crippen molar-refractivity contribution in [1.29, 1.82) is 0 Å². The molecular formula is C37H64O5. The zero-order valence-electron chi connectivity index (χ0n) is 27.2. The number of aliphatic hydroxyl groups excluding tert-OH is 1. The molecule has 0 aliphatic carbocycles. The van der Waals surface area contributed by atoms with Gasteiger partial charge in [-0.1, -0.05) is 140 Å². The highest BCUT2D eigenvalue weighted by molar-refractivity contribution is 5.70. The van der Waals surface area contributed by atoms with Crippen molar-refractivity contribution in [3.05, 3.63) is 48.6 Å². The third-order valence-electron chi connectivity index (χ3n) is 7.14. The minimum atomic E-state index is -0.784. The third-order valence-corrected chi connectivity index (χ3v) is 7.14. The molecule has 1 atom stereocenters. The summed E-state index contributed by atoms with van der Waals surface area (Å²) in [5.74, 6) is -0.641. The second-order valence-electron chi connectivity index (χ2n) is 11.2. The molecule has 0 heterocycles. The Morgan fingerprint density at radius 2 is 1.02 bits per heavy atom. The van der Waals surface area contributed by atoms with E-state index in [1.54, 1.807) is 0 Å². The number of ether oxygens (including phenoxy) is 2. The fourth-order valence-corrected chi connectivity index (χ4v) is 4.54. The molecule has 0 unspecified atom stereocenters. The summed E-state index contributed by atoms with van der Waals surface area (Å²) in [7, 11) is 0. The summed E-state index contributed by atoms with van der Waals surface area (Å²) in [6.07, 6.45) is 40.2. The molecule has 0 aliphatic heterocycles. The Kier molecular flexibility index (Phi) is 31.7. The van der Waals surface area contributed by atoms with Crippen LogP contribution in [0, 0.1) is 0 Å². The van der Waals surface area contributed by atoms with Crippen molar-refractivity contribution >= 4 is 11.9 Å². The molecule has 0 aromatic carbocycles. The molecule has 1 N–H and O–H groups in total. The summed E-state index contributed by atoms with van der Waals surface area (Å²) >= 11 is 0. The van der Waals surface area contributed by atoms with Crippen LogP contribution in [0.5, 0.6) is 0 Å². The van der Waals surface area contributed by atoms with Gasteiger partial charge in [-0.25, -0.2) is 0 Å². The molecule has 0 saturated carbocycles. The number of carbonyl (C=O) groups excluding carboxylic acids is 2. The largest absolute Gasteiger partial charge is 0.462 e. The molecule has 5 nitrogen and oxygen atoms in total. The van der Waals surface area contributed by atoms with E-state index in [-0.39, 0.29) is 25.2 Å². The second-order valence-corrected chi connectivity index (χ2v) is 11.2. The Balaban J connectivity index is 3.66. The van der Waals surface area contributed by atoms with E-state index in [1.807, 2.05) is 0 Å². The van der Waals surface area contributed by atoms with Crippen LogP contribution in [0.3, 0.4) is 0 Å². The molecule has 0 aromatic rings. The van der Waals surface area contributed by atoms with Crippen molar-refractivity contribution in [1.82, 2.24) is 0 Å². The summed E-state index contributed by atoms with van der Waals surface area (Å²) in [5.41, 5.74) is 0. The molecule has 0 saturated heterocycles. The van der Waals surface area contributed by atoms with Crippen LogP contribution < -0.4 is 0 Å². The maximum Gasteiger partial charge on any atom is 0.306 e. The zero-order valence-corrected chi connectivity index (χ0v) is 27.2. The average molecular weight is 589 g/mol. The fourth-order valence-electron chi connectivity index (χ4n) is 4.54. The van der Waals surface area contributed by atoms with E-state index in [2.05, 4.69) is 62.5 Å². The molecule has 0 aromatic heterocycles. The first-order chi connectivity index (χ1) is 20.6. The molecule has 0 aliphatic rings. The Hall–Kier alpha value is -2.14. The van der Waals surface area contributed by atoms with Gasteiger partial charge in [0.2, 0.25) is 0 Å². The van der Waals surface area contributed by atoms with Crippen LogP contribution >= 0.6 is 0 Å². The second kappa shape index (κ2) is 33.4. The first-order valence-corrected chi connectivity index (χ1v) is 17.2. The van der Waals surface area contributed by atoms with E-state index in [0.717, 1.165) is 64.2 Å². The number of carbonyl (C=O) groups is 2. The zero-order chi connectivity index (χ0) is 30.8. The number of aliphatic hydroxyl groups is 1. The quantitative estimate of drug-likeness (QED) is 0.0513. The van der Waals surface area contributed by atoms with Crippen molar-refractivity contribution in [2.45, 2.75) is 161 Å². The third kappa shape index (κ3) is 30.8. The highest BCUT2D eigenvalue weighted by Gasteiger charge is 2.16. The molecule has 5 heteroatoms. The van der Waals surface area contributed by atoms with E-state index in [9.17, 15) is 14.7 Å². The van der Waals surface area contributed by atoms with Crippen molar-refractivity contribution in [3.63, 3.8) is 0 Å². The standard InChI is InChI=1S/C37H64O5/c1-3-5-7-9-11-13-15-17-18-20-21-23-25-27-29-31-36(39)41-34-35(33-38)42-37(40)32-30-28-26-24-22-19-16-14-12-10-8-6-4-2/h5,7,11,13,17-18,21,23,35,38H,3-4,6,8-10,12,14-16,19-20,22,24-34H2,1-2H3/b7-5-,13-11-,18-17-,23-21-/t35-/m0/s1. The lowest BCUT2D eigenvalue weighted by molar-refractivity contribution is -0.161. The average Bonchev–Trinajstić information content (AvgIpc) is 2.99. The summed E-state index contributed by atoms with van der Waals surface area (Å²) in [4.78, 5) is 24.1. The van der Waals surface area contributed by atoms with Gasteiger partial charge in [0.05, 0.1) is 6.61 Å². The van der Waals surface area contributed by atoms with Crippen LogP contribution in [0.25, 0.3) is 0 Å². The predicted octanol–water partition coefficient (Wildman–Crippen LogP) is 10.3. The van der Waals surface area contributed by atoms with E-state index < -0.39 is 6.10 Å². The Morgan fingerprint density at radius 1 is 0.571 bits per heavy atom. The Morgan fingerprint density at radius 3 is 1.55 bits per heavy atom. The maximum absolute atomic E-state index is 12.1. The van der Waals surface area contributed by atoms with Gasteiger partial charge in [0.15, 0.2) is 6.10 Å². The van der Waals surface area contributed by atoms with Crippen LogP contribution in [-0.2, 0) is 19.1 Å². The smallest absolute Gasteiger partial charge is 0.306 e. The van der Waals surface area contributed by atoms with Crippen LogP contribution in [0.1, 0.15) is 155 Å². The molecule has 0 rings (SSSR count). The molecule has 0 bridgehead atoms. The van der Waals surface area contributed by atoms with Gasteiger partial charge in [-0.15, -0.1) is 0 Å². The van der Waals surface area contributed by atoms with Crippen molar-refractivity contribution in [3.8, 4) is 0 Å². The summed E-state index contributed by atoms with van der Waals surface area (Å²) in [5, 5.41) is 9.50. The van der Waals surface area contributed by atoms with Gasteiger partial charge in [-0.3, -0.25) is 9.59 Å². The van der Waals surface area contributed by atoms with E-state index >= 15 is 0 Å². The minimum absolute atomic E-state index is 0.0868. The molecule has 0 fully saturated rings. The molecule has 0 radical (unpaired) electrons. The first-order valence-electron chi connectivity index (χ1n) is 17.2. The van der Waals surface area contributed by atoms with Gasteiger partial charge in [-0.05, 0) is 51.4 Å². The van der Waals surface area contributed by atoms with Gasteiger partial charge >= 0.3 is 11.9 Å². The molecule has 242 valence electrons. The summed E-state index contributed by atoms with van der Waals surface area (Å²) < 4.78 is 10.5. The van der Waals surface area contributed by atoms with Crippen LogP contribution in [0.15, 0.2) is 48.6 Å². The number of rotatable bonds is 30. The fraction of sp³-hybridized carbons (Fsp3) is 0.730. The first kappa shape index (κ1) is 39.9. The molecule has 42 heavy (non-hydrogen) atoms. The van der Waals surface area contributed by atoms with Crippen molar-refractivity contribution in [2.75, 3.05) is 13.2 Å². The SMILES string of the molecule is CC/C=C\C/C=C\C/C=C\C/C=C\CCCCC(=O)OC[C@H](CO)OC(=O)CCCCCCCCCCCCCCC. The van der Waals surface area contributed by atoms with Gasteiger partial charge in [0.1, 0.15) is 6.61 Å². The summed E-state index contributed by atoms with van der Waals surface area (Å²) in [6, 6.07) is 0. The van der Waals surface area contributed by atoms with E-state index in [0.29, 0.717) is 12.8 Å². The molecule has 0 amide bonds. The number of esters is 2. The number of hydrogen-bond donors (Lipinski definition) is 1. The molecule has 0 spiro atoms. The Bertz CT molecular complexity index is 722. The van der Waals surface area contributed by atoms with Gasteiger partial charge < -0.3 is 14.6 Å². The maximum atomic E-state index is 12.1. The lowest BCUT2D eigenvalue weighted by atomic mass is 10.0. The van der Waals surface area contributed by atoms with E-state index in [1.165, 1.54) is 64.2 Å². The topological polar surface area (TPSA) is 72.8 Å². The lowest BCUT2D eigenvalue weighted by Gasteiger charge is -2.15. The van der Waals surface area contributed by atoms with Crippen LogP contribution in [0.4, 0.5) is 0 Å². The highest BCUT2D eigenvalue weighted by Crippen LogP contribution is 2.13. The van der Waals surface area contributed by atoms with Crippen molar-refractivity contribution < 1.29 is 24.2 Å². The van der Waals surface area contributed by atoms with Crippen LogP contribution in [0.2, 0.25) is 0 Å². The monoisotopic (exact) mass is 588 g/mol. The van der Waals surface area contributed by atoms with Gasteiger partial charge in [0.25, 0.3) is 0 Å². The van der Waals surface area contributed by atoms with Crippen molar-refractivity contribution in [2.24, 2.45) is 0 Å². The number of allylic oxidation sites excluding steroid dienone is 8. The molecular weight excluding hydrogens is 524 g/mol. The van der Waals surface area contributed by atoms with Gasteiger partial charge in [-0.2, -0.15) is 0 Å². The summed E-state index contributed by atoms with van der Waals surface area (Å²) in [6.45, 7) is 3.97. The normalized spacial score (nSPS) is 12.7.